The highest BCUT2D eigenvalue weighted by atomic mass is 32.2. The minimum Gasteiger partial charge on any atom is -0.0622 e. The summed E-state index contributed by atoms with van der Waals surface area (Å²) in [6.07, 6.45) is 0. The lowest BCUT2D eigenvalue weighted by molar-refractivity contribution is 1.04. The maximum Gasteiger partial charge on any atom is 0.187 e. The average molecular weight is 224 g/mol. The van der Waals surface area contributed by atoms with Crippen molar-refractivity contribution in [3.8, 4) is 0 Å². The van der Waals surface area contributed by atoms with Gasteiger partial charge in [0.25, 0.3) is 0 Å². The molecule has 3 fully saturated rings. The van der Waals surface area contributed by atoms with Gasteiger partial charge < -0.3 is 0 Å². The van der Waals surface area contributed by atoms with Crippen LogP contribution in [-0.4, -0.2) is 28.8 Å². The van der Waals surface area contributed by atoms with Crippen LogP contribution in [0.4, 0.5) is 0 Å². The van der Waals surface area contributed by atoms with Gasteiger partial charge in [0.15, 0.2) is 34.0 Å². The molecule has 0 N–H and O–H groups in total. The zero-order valence-electron chi connectivity index (χ0n) is 8.32. The van der Waals surface area contributed by atoms with Crippen molar-refractivity contribution in [2.24, 2.45) is 0 Å². The zero-order chi connectivity index (χ0) is 9.38. The van der Waals surface area contributed by atoms with Gasteiger partial charge >= 0.3 is 0 Å². The van der Waals surface area contributed by atoms with Crippen molar-refractivity contribution in [1.82, 2.24) is 0 Å². The molecule has 1 atom stereocenters. The standard InChI is InChI=1S/C12H16S2/c1-2-4-11(5-3-1)12-10-13-6-8-14(12)9-7-13/h1-5,12H,6-10H2/q+2. The summed E-state index contributed by atoms with van der Waals surface area (Å²) in [6, 6.07) is 11.2. The molecule has 3 aliphatic heterocycles. The van der Waals surface area contributed by atoms with Gasteiger partial charge in [0.1, 0.15) is 0 Å². The monoisotopic (exact) mass is 224 g/mol. The molecule has 0 radical (unpaired) electrons. The molecule has 0 aliphatic carbocycles. The number of hydrogen-bond donors (Lipinski definition) is 0. The van der Waals surface area contributed by atoms with Crippen LogP contribution in [-0.2, 0) is 21.8 Å². The van der Waals surface area contributed by atoms with E-state index in [-0.39, 0.29) is 0 Å². The Morgan fingerprint density at radius 3 is 2.21 bits per heavy atom. The Hall–Kier alpha value is -0.0800. The highest BCUT2D eigenvalue weighted by Gasteiger charge is 2.49. The Labute approximate surface area is 91.8 Å². The number of fused-ring (bicyclic) bond motifs is 3. The van der Waals surface area contributed by atoms with E-state index in [0.717, 1.165) is 27.0 Å². The zero-order valence-corrected chi connectivity index (χ0v) is 9.95. The molecule has 3 saturated heterocycles. The van der Waals surface area contributed by atoms with Gasteiger partial charge in [-0.25, -0.2) is 0 Å². The average Bonchev–Trinajstić information content (AvgIpc) is 2.32. The maximum absolute atomic E-state index is 2.34. The maximum atomic E-state index is 2.34. The van der Waals surface area contributed by atoms with E-state index in [1.54, 1.807) is 17.1 Å². The molecule has 1 aromatic carbocycles. The molecule has 0 nitrogen and oxygen atoms in total. The van der Waals surface area contributed by atoms with Crippen LogP contribution in [0.3, 0.4) is 0 Å². The SMILES string of the molecule is c1ccc(C2C[S+]3CC[S+]2CC3)cc1. The molecule has 4 rings (SSSR count). The van der Waals surface area contributed by atoms with E-state index in [9.17, 15) is 0 Å². The van der Waals surface area contributed by atoms with Crippen molar-refractivity contribution in [2.45, 2.75) is 5.25 Å². The quantitative estimate of drug-likeness (QED) is 0.640. The summed E-state index contributed by atoms with van der Waals surface area (Å²) in [4.78, 5) is 0. The highest BCUT2D eigenvalue weighted by molar-refractivity contribution is 8.07. The van der Waals surface area contributed by atoms with Crippen molar-refractivity contribution in [1.29, 1.82) is 0 Å². The summed E-state index contributed by atoms with van der Waals surface area (Å²) in [5.41, 5.74) is 1.62. The molecular formula is C12H16S2+2. The minimum absolute atomic E-state index is 0.733. The molecule has 1 aromatic rings. The topological polar surface area (TPSA) is 0 Å². The lowest BCUT2D eigenvalue weighted by Crippen LogP contribution is -2.46. The Morgan fingerprint density at radius 1 is 0.929 bits per heavy atom. The van der Waals surface area contributed by atoms with Crippen LogP contribution in [0.5, 0.6) is 0 Å². The predicted molar refractivity (Wildman–Crippen MR) is 68.2 cm³/mol. The molecule has 1 unspecified atom stereocenters. The van der Waals surface area contributed by atoms with E-state index in [0.29, 0.717) is 0 Å². The first-order chi connectivity index (χ1) is 6.93. The van der Waals surface area contributed by atoms with Gasteiger partial charge in [0.2, 0.25) is 0 Å². The van der Waals surface area contributed by atoms with Gasteiger partial charge in [-0.2, -0.15) is 0 Å². The summed E-state index contributed by atoms with van der Waals surface area (Å²) in [7, 11) is 1.52. The lowest BCUT2D eigenvalue weighted by atomic mass is 10.2. The third-order valence-corrected chi connectivity index (χ3v) is 9.03. The molecule has 3 aliphatic rings. The summed E-state index contributed by atoms with van der Waals surface area (Å²) < 4.78 is 0. The van der Waals surface area contributed by atoms with E-state index < -0.39 is 0 Å². The van der Waals surface area contributed by atoms with Crippen LogP contribution >= 0.6 is 0 Å². The molecule has 0 amide bonds. The molecule has 2 bridgehead atoms. The van der Waals surface area contributed by atoms with Crippen molar-refractivity contribution in [3.63, 3.8) is 0 Å². The van der Waals surface area contributed by atoms with Crippen LogP contribution < -0.4 is 0 Å². The van der Waals surface area contributed by atoms with Crippen LogP contribution in [0.15, 0.2) is 30.3 Å². The second-order valence-electron chi connectivity index (χ2n) is 4.03. The van der Waals surface area contributed by atoms with E-state index in [1.807, 2.05) is 0 Å². The van der Waals surface area contributed by atoms with Gasteiger partial charge in [-0.1, -0.05) is 30.3 Å². The molecule has 0 spiro atoms. The van der Waals surface area contributed by atoms with Crippen LogP contribution in [0.25, 0.3) is 0 Å². The van der Waals surface area contributed by atoms with E-state index in [4.69, 9.17) is 0 Å². The van der Waals surface area contributed by atoms with Crippen LogP contribution in [0.2, 0.25) is 0 Å². The lowest BCUT2D eigenvalue weighted by Gasteiger charge is -2.29. The predicted octanol–water partition coefficient (Wildman–Crippen LogP) is 1.99. The Balaban J connectivity index is 1.86. The largest absolute Gasteiger partial charge is 0.187 e. The van der Waals surface area contributed by atoms with Crippen molar-refractivity contribution >= 4 is 21.8 Å². The third kappa shape index (κ3) is 1.59. The molecule has 0 aromatic heterocycles. The van der Waals surface area contributed by atoms with Gasteiger partial charge in [-0.05, 0) is 0 Å². The Bertz CT molecular complexity index is 301. The molecule has 74 valence electrons. The fourth-order valence-corrected chi connectivity index (χ4v) is 9.79. The fraction of sp³-hybridized carbons (Fsp3) is 0.500. The second kappa shape index (κ2) is 3.82. The van der Waals surface area contributed by atoms with Crippen molar-refractivity contribution < 1.29 is 0 Å². The van der Waals surface area contributed by atoms with E-state index >= 15 is 0 Å². The molecule has 3 heterocycles. The minimum atomic E-state index is 0.733. The second-order valence-corrected chi connectivity index (χ2v) is 8.87. The summed E-state index contributed by atoms with van der Waals surface area (Å²) in [6.45, 7) is 0. The summed E-state index contributed by atoms with van der Waals surface area (Å²) in [5, 5.41) is 0.932. The first-order valence-electron chi connectivity index (χ1n) is 5.29. The number of benzene rings is 1. The van der Waals surface area contributed by atoms with Gasteiger partial charge in [-0.3, -0.25) is 0 Å². The van der Waals surface area contributed by atoms with Gasteiger partial charge in [0, 0.05) is 27.4 Å². The van der Waals surface area contributed by atoms with Crippen molar-refractivity contribution in [2.75, 3.05) is 28.8 Å². The summed E-state index contributed by atoms with van der Waals surface area (Å²) in [5.74, 6) is 7.66. The Morgan fingerprint density at radius 2 is 1.64 bits per heavy atom. The first-order valence-corrected chi connectivity index (χ1v) is 8.64. The van der Waals surface area contributed by atoms with Crippen LogP contribution in [0, 0.1) is 0 Å². The van der Waals surface area contributed by atoms with Gasteiger partial charge in [-0.15, -0.1) is 0 Å². The molecule has 0 saturated carbocycles. The Kier molecular flexibility index (Phi) is 2.50. The molecular weight excluding hydrogens is 208 g/mol. The van der Waals surface area contributed by atoms with Crippen molar-refractivity contribution in [3.05, 3.63) is 35.9 Å². The normalized spacial score (nSPS) is 35.9. The number of hydrogen-bond acceptors (Lipinski definition) is 0. The summed E-state index contributed by atoms with van der Waals surface area (Å²) >= 11 is 0. The van der Waals surface area contributed by atoms with E-state index in [2.05, 4.69) is 30.3 Å². The van der Waals surface area contributed by atoms with Crippen LogP contribution in [0.1, 0.15) is 10.8 Å². The smallest absolute Gasteiger partial charge is 0.0622 e. The van der Waals surface area contributed by atoms with Gasteiger partial charge in [0.05, 0.1) is 0 Å². The van der Waals surface area contributed by atoms with E-state index in [1.165, 1.54) is 17.3 Å². The highest BCUT2D eigenvalue weighted by Crippen LogP contribution is 2.35. The fourth-order valence-electron chi connectivity index (χ4n) is 2.37. The first kappa shape index (κ1) is 9.17. The molecule has 2 heteroatoms. The number of rotatable bonds is 1. The third-order valence-electron chi connectivity index (χ3n) is 3.23. The molecule has 14 heavy (non-hydrogen) atoms.